The Morgan fingerprint density at radius 1 is 1.48 bits per heavy atom. The lowest BCUT2D eigenvalue weighted by molar-refractivity contribution is 0.489. The first-order chi connectivity index (χ1) is 10.3. The predicted octanol–water partition coefficient (Wildman–Crippen LogP) is 3.76. The average molecular weight is 305 g/mol. The van der Waals surface area contributed by atoms with Crippen molar-refractivity contribution in [3.8, 4) is 0 Å². The summed E-state index contributed by atoms with van der Waals surface area (Å²) in [5, 5.41) is 3.57. The molecule has 3 rings (SSSR count). The van der Waals surface area contributed by atoms with Crippen LogP contribution in [-0.4, -0.2) is 15.3 Å². The van der Waals surface area contributed by atoms with Crippen LogP contribution in [0.25, 0.3) is 0 Å². The molecular formula is C16H20FN3S. The van der Waals surface area contributed by atoms with Gasteiger partial charge in [0.1, 0.15) is 5.82 Å². The summed E-state index contributed by atoms with van der Waals surface area (Å²) < 4.78 is 15.7. The van der Waals surface area contributed by atoms with E-state index in [0.717, 1.165) is 37.2 Å². The smallest absolute Gasteiger partial charge is 0.123 e. The van der Waals surface area contributed by atoms with Crippen LogP contribution in [0, 0.1) is 5.82 Å². The number of nitrogens with one attached hydrogen (secondary N) is 1. The predicted molar refractivity (Wildman–Crippen MR) is 83.8 cm³/mol. The van der Waals surface area contributed by atoms with E-state index in [1.807, 2.05) is 30.4 Å². The molecule has 0 saturated carbocycles. The van der Waals surface area contributed by atoms with Gasteiger partial charge in [-0.2, -0.15) is 0 Å². The molecule has 5 heteroatoms. The minimum absolute atomic E-state index is 0.154. The second kappa shape index (κ2) is 6.62. The maximum absolute atomic E-state index is 13.5. The standard InChI is InChI=1S/C16H20FN3S/c1-2-6-20-11-18-9-13(20)10-19-15-5-7-21-16-4-3-12(17)8-14(15)16/h3-4,8-9,11,15,19H,2,5-7,10H2,1H3. The Morgan fingerprint density at radius 2 is 2.38 bits per heavy atom. The molecule has 0 spiro atoms. The van der Waals surface area contributed by atoms with Crippen LogP contribution < -0.4 is 5.32 Å². The zero-order valence-corrected chi connectivity index (χ0v) is 13.0. The van der Waals surface area contributed by atoms with Crippen molar-refractivity contribution in [1.82, 2.24) is 14.9 Å². The molecule has 0 radical (unpaired) electrons. The molecule has 3 nitrogen and oxygen atoms in total. The highest BCUT2D eigenvalue weighted by molar-refractivity contribution is 7.99. The molecule has 2 heterocycles. The Kier molecular flexibility index (Phi) is 4.60. The second-order valence-electron chi connectivity index (χ2n) is 5.33. The highest BCUT2D eigenvalue weighted by Gasteiger charge is 2.21. The molecule has 1 unspecified atom stereocenters. The van der Waals surface area contributed by atoms with Gasteiger partial charge in [0.05, 0.1) is 12.0 Å². The number of thioether (sulfide) groups is 1. The molecule has 0 fully saturated rings. The number of fused-ring (bicyclic) bond motifs is 1. The van der Waals surface area contributed by atoms with E-state index in [2.05, 4.69) is 21.8 Å². The number of aryl methyl sites for hydroxylation is 1. The first-order valence-electron chi connectivity index (χ1n) is 7.42. The molecular weight excluding hydrogens is 285 g/mol. The molecule has 0 saturated heterocycles. The van der Waals surface area contributed by atoms with Crippen LogP contribution in [0.4, 0.5) is 4.39 Å². The van der Waals surface area contributed by atoms with Gasteiger partial charge in [-0.25, -0.2) is 9.37 Å². The number of hydrogen-bond donors (Lipinski definition) is 1. The van der Waals surface area contributed by atoms with Crippen LogP contribution >= 0.6 is 11.8 Å². The third kappa shape index (κ3) is 3.30. The van der Waals surface area contributed by atoms with Gasteiger partial charge in [-0.05, 0) is 42.4 Å². The third-order valence-electron chi connectivity index (χ3n) is 3.80. The van der Waals surface area contributed by atoms with Crippen molar-refractivity contribution < 1.29 is 4.39 Å². The Bertz CT molecular complexity index is 611. The normalized spacial score (nSPS) is 17.7. The molecule has 1 N–H and O–H groups in total. The van der Waals surface area contributed by atoms with E-state index >= 15 is 0 Å². The highest BCUT2D eigenvalue weighted by atomic mass is 32.2. The van der Waals surface area contributed by atoms with Crippen LogP contribution in [0.2, 0.25) is 0 Å². The van der Waals surface area contributed by atoms with Gasteiger partial charge in [-0.1, -0.05) is 6.92 Å². The van der Waals surface area contributed by atoms with E-state index < -0.39 is 0 Å². The zero-order chi connectivity index (χ0) is 14.7. The number of rotatable bonds is 5. The maximum atomic E-state index is 13.5. The molecule has 1 aromatic carbocycles. The van der Waals surface area contributed by atoms with E-state index in [1.165, 1.54) is 10.6 Å². The molecule has 0 amide bonds. The molecule has 0 bridgehead atoms. The summed E-state index contributed by atoms with van der Waals surface area (Å²) in [7, 11) is 0. The summed E-state index contributed by atoms with van der Waals surface area (Å²) >= 11 is 1.81. The molecule has 1 atom stereocenters. The van der Waals surface area contributed by atoms with E-state index in [9.17, 15) is 4.39 Å². The van der Waals surface area contributed by atoms with Crippen molar-refractivity contribution in [3.63, 3.8) is 0 Å². The summed E-state index contributed by atoms with van der Waals surface area (Å²) in [5.41, 5.74) is 2.28. The number of imidazole rings is 1. The van der Waals surface area contributed by atoms with Gasteiger partial charge in [0.25, 0.3) is 0 Å². The average Bonchev–Trinajstić information content (AvgIpc) is 2.93. The van der Waals surface area contributed by atoms with Crippen molar-refractivity contribution in [3.05, 3.63) is 47.8 Å². The minimum atomic E-state index is -0.154. The summed E-state index contributed by atoms with van der Waals surface area (Å²) in [6, 6.07) is 5.33. The van der Waals surface area contributed by atoms with Gasteiger partial charge >= 0.3 is 0 Å². The summed E-state index contributed by atoms with van der Waals surface area (Å²) in [6.07, 6.45) is 5.91. The van der Waals surface area contributed by atoms with Crippen molar-refractivity contribution in [2.75, 3.05) is 5.75 Å². The quantitative estimate of drug-likeness (QED) is 0.912. The Balaban J connectivity index is 1.72. The Hall–Kier alpha value is -1.33. The lowest BCUT2D eigenvalue weighted by atomic mass is 10.0. The molecule has 2 aromatic rings. The van der Waals surface area contributed by atoms with Gasteiger partial charge in [-0.15, -0.1) is 11.8 Å². The molecule has 1 aromatic heterocycles. The first kappa shape index (κ1) is 14.6. The van der Waals surface area contributed by atoms with E-state index in [4.69, 9.17) is 0 Å². The lowest BCUT2D eigenvalue weighted by Crippen LogP contribution is -2.25. The van der Waals surface area contributed by atoms with Crippen LogP contribution in [0.15, 0.2) is 35.6 Å². The minimum Gasteiger partial charge on any atom is -0.333 e. The fourth-order valence-corrected chi connectivity index (χ4v) is 3.85. The van der Waals surface area contributed by atoms with Gasteiger partial charge in [0.2, 0.25) is 0 Å². The first-order valence-corrected chi connectivity index (χ1v) is 8.41. The van der Waals surface area contributed by atoms with Crippen molar-refractivity contribution in [1.29, 1.82) is 0 Å². The lowest BCUT2D eigenvalue weighted by Gasteiger charge is -2.26. The van der Waals surface area contributed by atoms with Gasteiger partial charge < -0.3 is 9.88 Å². The molecule has 0 aliphatic carbocycles. The van der Waals surface area contributed by atoms with Crippen molar-refractivity contribution in [2.24, 2.45) is 0 Å². The zero-order valence-electron chi connectivity index (χ0n) is 12.2. The number of nitrogens with zero attached hydrogens (tertiary/aromatic N) is 2. The van der Waals surface area contributed by atoms with E-state index in [-0.39, 0.29) is 11.9 Å². The summed E-state index contributed by atoms with van der Waals surface area (Å²) in [4.78, 5) is 5.42. The fraction of sp³-hybridized carbons (Fsp3) is 0.438. The number of aromatic nitrogens is 2. The summed E-state index contributed by atoms with van der Waals surface area (Å²) in [6.45, 7) is 3.92. The highest BCUT2D eigenvalue weighted by Crippen LogP contribution is 2.36. The molecule has 1 aliphatic heterocycles. The fourth-order valence-electron chi connectivity index (χ4n) is 2.74. The van der Waals surface area contributed by atoms with Crippen molar-refractivity contribution in [2.45, 2.75) is 43.8 Å². The molecule has 21 heavy (non-hydrogen) atoms. The molecule has 112 valence electrons. The SMILES string of the molecule is CCCn1cncc1CNC1CCSc2ccc(F)cc21. The molecule has 1 aliphatic rings. The maximum Gasteiger partial charge on any atom is 0.123 e. The van der Waals surface area contributed by atoms with Crippen LogP contribution in [-0.2, 0) is 13.1 Å². The van der Waals surface area contributed by atoms with Crippen LogP contribution in [0.3, 0.4) is 0 Å². The van der Waals surface area contributed by atoms with E-state index in [0.29, 0.717) is 0 Å². The van der Waals surface area contributed by atoms with Crippen LogP contribution in [0.5, 0.6) is 0 Å². The Morgan fingerprint density at radius 3 is 3.24 bits per heavy atom. The van der Waals surface area contributed by atoms with Gasteiger partial charge in [0.15, 0.2) is 0 Å². The van der Waals surface area contributed by atoms with Crippen LogP contribution in [0.1, 0.15) is 37.1 Å². The summed E-state index contributed by atoms with van der Waals surface area (Å²) in [5.74, 6) is 0.920. The number of benzene rings is 1. The van der Waals surface area contributed by atoms with Gasteiger partial charge in [-0.3, -0.25) is 0 Å². The monoisotopic (exact) mass is 305 g/mol. The van der Waals surface area contributed by atoms with Crippen molar-refractivity contribution >= 4 is 11.8 Å². The number of hydrogen-bond acceptors (Lipinski definition) is 3. The number of halogens is 1. The largest absolute Gasteiger partial charge is 0.333 e. The Labute approximate surface area is 129 Å². The topological polar surface area (TPSA) is 29.9 Å². The second-order valence-corrected chi connectivity index (χ2v) is 6.47. The van der Waals surface area contributed by atoms with Gasteiger partial charge in [0, 0.05) is 30.2 Å². The van der Waals surface area contributed by atoms with E-state index in [1.54, 1.807) is 12.1 Å². The third-order valence-corrected chi connectivity index (χ3v) is 4.93.